The summed E-state index contributed by atoms with van der Waals surface area (Å²) in [6, 6.07) is 8.00. The van der Waals surface area contributed by atoms with Gasteiger partial charge >= 0.3 is 0 Å². The Morgan fingerprint density at radius 2 is 1.76 bits per heavy atom. The van der Waals surface area contributed by atoms with Crippen molar-refractivity contribution in [1.29, 1.82) is 0 Å². The molecule has 0 aliphatic carbocycles. The lowest BCUT2D eigenvalue weighted by Crippen LogP contribution is -2.50. The molecule has 1 aromatic heterocycles. The Hall–Kier alpha value is -0.640. The summed E-state index contributed by atoms with van der Waals surface area (Å²) >= 11 is 16.4. The van der Waals surface area contributed by atoms with Crippen LogP contribution in [0.5, 0.6) is 0 Å². The molecule has 0 spiro atoms. The fourth-order valence-corrected chi connectivity index (χ4v) is 6.60. The second-order valence-electron chi connectivity index (χ2n) is 5.38. The normalized spacial score (nSPS) is 16.2. The summed E-state index contributed by atoms with van der Waals surface area (Å²) in [6.07, 6.45) is 0. The average Bonchev–Trinajstić information content (AvgIpc) is 3.02. The third kappa shape index (κ3) is 4.04. The van der Waals surface area contributed by atoms with Gasteiger partial charge in [0.2, 0.25) is 0 Å². The quantitative estimate of drug-likeness (QED) is 0.663. The number of nitrogens with zero attached hydrogens (tertiary/aromatic N) is 2. The number of hydrogen-bond donors (Lipinski definition) is 0. The van der Waals surface area contributed by atoms with Crippen molar-refractivity contribution in [3.63, 3.8) is 0 Å². The number of benzene rings is 1. The fraction of sp³-hybridized carbons (Fsp3) is 0.267. The fourth-order valence-electron chi connectivity index (χ4n) is 2.53. The molecule has 3 rings (SSSR count). The van der Waals surface area contributed by atoms with E-state index in [4.69, 9.17) is 23.2 Å². The molecule has 0 saturated carbocycles. The Kier molecular flexibility index (Phi) is 5.77. The van der Waals surface area contributed by atoms with E-state index >= 15 is 0 Å². The second-order valence-corrected chi connectivity index (χ2v) is 10.9. The lowest BCUT2D eigenvalue weighted by Gasteiger charge is -2.33. The molecule has 0 radical (unpaired) electrons. The topological polar surface area (TPSA) is 57.7 Å². The van der Waals surface area contributed by atoms with Crippen molar-refractivity contribution in [2.75, 3.05) is 26.2 Å². The monoisotopic (exact) mass is 482 g/mol. The first-order valence-electron chi connectivity index (χ1n) is 7.29. The summed E-state index contributed by atoms with van der Waals surface area (Å²) in [7, 11) is -3.53. The van der Waals surface area contributed by atoms with E-state index < -0.39 is 10.0 Å². The molecule has 1 saturated heterocycles. The highest BCUT2D eigenvalue weighted by Gasteiger charge is 2.31. The molecule has 5 nitrogen and oxygen atoms in total. The van der Waals surface area contributed by atoms with E-state index in [9.17, 15) is 13.2 Å². The molecule has 10 heteroatoms. The van der Waals surface area contributed by atoms with Gasteiger partial charge in [0.15, 0.2) is 0 Å². The Bertz CT molecular complexity index is 909. The van der Waals surface area contributed by atoms with Gasteiger partial charge in [-0.3, -0.25) is 4.79 Å². The van der Waals surface area contributed by atoms with E-state index in [1.165, 1.54) is 21.7 Å². The molecule has 1 aliphatic rings. The predicted octanol–water partition coefficient (Wildman–Crippen LogP) is 3.96. The van der Waals surface area contributed by atoms with Crippen LogP contribution >= 0.6 is 50.5 Å². The first-order chi connectivity index (χ1) is 11.8. The smallest absolute Gasteiger partial charge is 0.255 e. The van der Waals surface area contributed by atoms with Crippen LogP contribution in [0.25, 0.3) is 0 Å². The maximum absolute atomic E-state index is 12.6. The van der Waals surface area contributed by atoms with Gasteiger partial charge in [0, 0.05) is 31.2 Å². The third-order valence-electron chi connectivity index (χ3n) is 3.83. The number of sulfonamides is 1. The highest BCUT2D eigenvalue weighted by Crippen LogP contribution is 2.29. The molecule has 0 atom stereocenters. The van der Waals surface area contributed by atoms with Gasteiger partial charge in [-0.1, -0.05) is 23.2 Å². The lowest BCUT2D eigenvalue weighted by atomic mass is 10.2. The van der Waals surface area contributed by atoms with Crippen molar-refractivity contribution in [2.45, 2.75) is 4.21 Å². The van der Waals surface area contributed by atoms with E-state index in [2.05, 4.69) is 15.9 Å². The van der Waals surface area contributed by atoms with Crippen molar-refractivity contribution >= 4 is 66.4 Å². The number of thiophene rings is 1. The van der Waals surface area contributed by atoms with E-state index in [0.29, 0.717) is 27.9 Å². The summed E-state index contributed by atoms with van der Waals surface area (Å²) in [6.45, 7) is 1.11. The Morgan fingerprint density at radius 1 is 1.08 bits per heavy atom. The predicted molar refractivity (Wildman–Crippen MR) is 103 cm³/mol. The molecule has 2 aromatic rings. The van der Waals surface area contributed by atoms with Crippen LogP contribution in [0.4, 0.5) is 0 Å². The summed E-state index contributed by atoms with van der Waals surface area (Å²) in [5.74, 6) is -0.224. The minimum absolute atomic E-state index is 0.224. The van der Waals surface area contributed by atoms with Crippen molar-refractivity contribution in [1.82, 2.24) is 9.21 Å². The molecule has 134 valence electrons. The van der Waals surface area contributed by atoms with Crippen molar-refractivity contribution in [3.8, 4) is 0 Å². The number of carbonyl (C=O) groups excluding carboxylic acids is 1. The zero-order valence-corrected chi connectivity index (χ0v) is 17.5. The van der Waals surface area contributed by atoms with Gasteiger partial charge in [0.05, 0.1) is 14.4 Å². The number of rotatable bonds is 3. The van der Waals surface area contributed by atoms with E-state index in [1.807, 2.05) is 0 Å². The summed E-state index contributed by atoms with van der Waals surface area (Å²) in [5, 5.41) is 0.746. The maximum atomic E-state index is 12.6. The first-order valence-corrected chi connectivity index (χ1v) is 11.1. The van der Waals surface area contributed by atoms with Gasteiger partial charge in [-0.15, -0.1) is 11.3 Å². The minimum atomic E-state index is -3.53. The summed E-state index contributed by atoms with van der Waals surface area (Å²) < 4.78 is 27.7. The van der Waals surface area contributed by atoms with Crippen LogP contribution < -0.4 is 0 Å². The highest BCUT2D eigenvalue weighted by molar-refractivity contribution is 9.11. The number of hydrogen-bond acceptors (Lipinski definition) is 4. The van der Waals surface area contributed by atoms with Gasteiger partial charge in [-0.05, 0) is 46.3 Å². The number of piperazine rings is 1. The molecule has 25 heavy (non-hydrogen) atoms. The first kappa shape index (κ1) is 19.1. The largest absolute Gasteiger partial charge is 0.336 e. The van der Waals surface area contributed by atoms with Crippen LogP contribution in [-0.4, -0.2) is 49.7 Å². The number of halogens is 3. The molecule has 0 bridgehead atoms. The van der Waals surface area contributed by atoms with Crippen LogP contribution in [0.1, 0.15) is 10.4 Å². The SMILES string of the molecule is O=C(c1ccc(Cl)cc1Cl)N1CCN(S(=O)(=O)c2ccc(Br)s2)CC1. The molecule has 0 unspecified atom stereocenters. The van der Waals surface area contributed by atoms with E-state index in [1.54, 1.807) is 29.2 Å². The standard InChI is InChI=1S/C15H13BrCl2N2O3S2/c16-13-3-4-14(24-13)25(22,23)20-7-5-19(6-8-20)15(21)11-2-1-10(17)9-12(11)18/h1-4,9H,5-8H2. The maximum Gasteiger partial charge on any atom is 0.255 e. The number of amides is 1. The van der Waals surface area contributed by atoms with Crippen LogP contribution in [0.15, 0.2) is 38.3 Å². The Balaban J connectivity index is 1.70. The second kappa shape index (κ2) is 7.54. The van der Waals surface area contributed by atoms with Gasteiger partial charge in [-0.2, -0.15) is 4.31 Å². The van der Waals surface area contributed by atoms with Gasteiger partial charge in [-0.25, -0.2) is 8.42 Å². The minimum Gasteiger partial charge on any atom is -0.336 e. The summed E-state index contributed by atoms with van der Waals surface area (Å²) in [4.78, 5) is 14.2. The molecular weight excluding hydrogens is 471 g/mol. The molecule has 2 heterocycles. The average molecular weight is 484 g/mol. The molecule has 1 aliphatic heterocycles. The molecule has 1 aromatic carbocycles. The highest BCUT2D eigenvalue weighted by atomic mass is 79.9. The Morgan fingerprint density at radius 3 is 2.32 bits per heavy atom. The molecular formula is C15H13BrCl2N2O3S2. The van der Waals surface area contributed by atoms with Gasteiger partial charge in [0.25, 0.3) is 15.9 Å². The molecule has 0 N–H and O–H groups in total. The van der Waals surface area contributed by atoms with Crippen molar-refractivity contribution in [3.05, 3.63) is 49.7 Å². The Labute approximate surface area is 168 Å². The molecule has 1 fully saturated rings. The van der Waals surface area contributed by atoms with Crippen LogP contribution in [0.3, 0.4) is 0 Å². The zero-order valence-electron chi connectivity index (χ0n) is 12.8. The number of carbonyl (C=O) groups is 1. The van der Waals surface area contributed by atoms with E-state index in [0.717, 1.165) is 3.79 Å². The summed E-state index contributed by atoms with van der Waals surface area (Å²) in [5.41, 5.74) is 0.365. The van der Waals surface area contributed by atoms with Crippen LogP contribution in [0, 0.1) is 0 Å². The van der Waals surface area contributed by atoms with Crippen LogP contribution in [0.2, 0.25) is 10.0 Å². The van der Waals surface area contributed by atoms with Crippen LogP contribution in [-0.2, 0) is 10.0 Å². The third-order valence-corrected chi connectivity index (χ3v) is 8.37. The lowest BCUT2D eigenvalue weighted by molar-refractivity contribution is 0.0698. The van der Waals surface area contributed by atoms with Crippen molar-refractivity contribution < 1.29 is 13.2 Å². The van der Waals surface area contributed by atoms with Crippen molar-refractivity contribution in [2.24, 2.45) is 0 Å². The van der Waals surface area contributed by atoms with Gasteiger partial charge in [0.1, 0.15) is 4.21 Å². The van der Waals surface area contributed by atoms with Gasteiger partial charge < -0.3 is 4.90 Å². The zero-order chi connectivity index (χ0) is 18.2. The van der Waals surface area contributed by atoms with E-state index in [-0.39, 0.29) is 24.0 Å². The molecule has 1 amide bonds.